The molecule has 0 spiro atoms. The zero-order valence-corrected chi connectivity index (χ0v) is 21.8. The van der Waals surface area contributed by atoms with Crippen LogP contribution in [0, 0.1) is 11.3 Å². The van der Waals surface area contributed by atoms with Crippen LogP contribution in [0.15, 0.2) is 48.5 Å². The molecule has 2 atom stereocenters. The number of carbonyl (C=O) groups is 3. The molecule has 1 saturated carbocycles. The number of amidine groups is 1. The Morgan fingerprint density at radius 1 is 1.05 bits per heavy atom. The molecule has 2 unspecified atom stereocenters. The lowest BCUT2D eigenvalue weighted by molar-refractivity contribution is -0.128. The number of rotatable bonds is 10. The molecule has 0 aliphatic heterocycles. The zero-order chi connectivity index (χ0) is 26.4. The van der Waals surface area contributed by atoms with Gasteiger partial charge >= 0.3 is 0 Å². The minimum Gasteiger partial charge on any atom is -0.384 e. The van der Waals surface area contributed by atoms with Crippen molar-refractivity contribution in [3.05, 3.63) is 64.7 Å². The van der Waals surface area contributed by atoms with Gasteiger partial charge in [0.15, 0.2) is 5.01 Å². The summed E-state index contributed by atoms with van der Waals surface area (Å²) < 4.78 is 0.892. The maximum absolute atomic E-state index is 13.7. The zero-order valence-electron chi connectivity index (χ0n) is 21.0. The topological polar surface area (TPSA) is 138 Å². The lowest BCUT2D eigenvalue weighted by Gasteiger charge is -2.27. The average Bonchev–Trinajstić information content (AvgIpc) is 3.32. The van der Waals surface area contributed by atoms with E-state index in [9.17, 15) is 14.4 Å². The van der Waals surface area contributed by atoms with Crippen molar-refractivity contribution in [3.8, 4) is 0 Å². The van der Waals surface area contributed by atoms with Crippen molar-refractivity contribution >= 4 is 45.0 Å². The summed E-state index contributed by atoms with van der Waals surface area (Å²) in [6, 6.07) is 13.0. The summed E-state index contributed by atoms with van der Waals surface area (Å²) in [5, 5.41) is 13.8. The quantitative estimate of drug-likeness (QED) is 0.182. The average molecular weight is 520 g/mol. The van der Waals surface area contributed by atoms with E-state index in [1.807, 2.05) is 30.3 Å². The van der Waals surface area contributed by atoms with Gasteiger partial charge in [-0.1, -0.05) is 62.4 Å². The van der Waals surface area contributed by atoms with Gasteiger partial charge in [0.2, 0.25) is 17.6 Å². The van der Waals surface area contributed by atoms with E-state index >= 15 is 0 Å². The fraction of sp³-hybridized carbons (Fsp3) is 0.393. The summed E-state index contributed by atoms with van der Waals surface area (Å²) in [5.74, 6) is -0.649. The van der Waals surface area contributed by atoms with Crippen LogP contribution in [0.25, 0.3) is 10.2 Å². The van der Waals surface area contributed by atoms with Crippen LogP contribution in [0.2, 0.25) is 0 Å². The number of fused-ring (bicyclic) bond motifs is 1. The molecule has 4 rings (SSSR count). The lowest BCUT2D eigenvalue weighted by atomic mass is 9.84. The standard InChI is InChI=1S/C28H33N5O3S/c1-17(34)31-23(15-18-8-3-2-4-9-18)27(36)32-22(16-19-10-7-11-20(14-19)26(29)30)25(35)28-33-21-12-5-6-13-24(21)37-28/h5-7,10-14,18,22-23H,2-4,8-9,15-16H2,1H3,(H3,29,30)(H,31,34)(H,32,36). The van der Waals surface area contributed by atoms with Crippen LogP contribution >= 0.6 is 11.3 Å². The monoisotopic (exact) mass is 519 g/mol. The number of carbonyl (C=O) groups excluding carboxylic acids is 3. The van der Waals surface area contributed by atoms with Crippen LogP contribution in [0.4, 0.5) is 0 Å². The molecular formula is C28H33N5O3S. The molecule has 5 N–H and O–H groups in total. The first-order valence-electron chi connectivity index (χ1n) is 12.7. The number of nitrogens with two attached hydrogens (primary N) is 1. The number of ketones is 1. The van der Waals surface area contributed by atoms with E-state index in [4.69, 9.17) is 11.1 Å². The second kappa shape index (κ2) is 12.1. The molecule has 1 aliphatic carbocycles. The van der Waals surface area contributed by atoms with Gasteiger partial charge in [-0.25, -0.2) is 4.98 Å². The highest BCUT2D eigenvalue weighted by atomic mass is 32.1. The number of nitrogens with one attached hydrogen (secondary N) is 3. The van der Waals surface area contributed by atoms with Gasteiger partial charge in [0.1, 0.15) is 11.9 Å². The summed E-state index contributed by atoms with van der Waals surface area (Å²) in [6.07, 6.45) is 6.29. The molecule has 194 valence electrons. The van der Waals surface area contributed by atoms with Gasteiger partial charge in [0.25, 0.3) is 0 Å². The first-order valence-corrected chi connectivity index (χ1v) is 13.5. The van der Waals surface area contributed by atoms with E-state index in [0.717, 1.165) is 41.5 Å². The van der Waals surface area contributed by atoms with Crippen LogP contribution in [0.3, 0.4) is 0 Å². The lowest BCUT2D eigenvalue weighted by Crippen LogP contribution is -2.52. The number of nitrogens with zero attached hydrogens (tertiary/aromatic N) is 1. The molecule has 0 saturated heterocycles. The van der Waals surface area contributed by atoms with Crippen molar-refractivity contribution in [1.29, 1.82) is 5.41 Å². The normalized spacial score (nSPS) is 15.6. The van der Waals surface area contributed by atoms with E-state index in [-0.39, 0.29) is 29.9 Å². The molecule has 8 nitrogen and oxygen atoms in total. The summed E-state index contributed by atoms with van der Waals surface area (Å²) in [7, 11) is 0. The predicted octanol–water partition coefficient (Wildman–Crippen LogP) is 3.97. The third-order valence-electron chi connectivity index (χ3n) is 6.80. The molecule has 3 aromatic rings. The van der Waals surface area contributed by atoms with Crippen molar-refractivity contribution in [1.82, 2.24) is 15.6 Å². The molecule has 2 aromatic carbocycles. The summed E-state index contributed by atoms with van der Waals surface area (Å²) in [4.78, 5) is 43.6. The molecule has 1 heterocycles. The fourth-order valence-electron chi connectivity index (χ4n) is 4.94. The Hall–Kier alpha value is -3.59. The number of para-hydroxylation sites is 1. The van der Waals surface area contributed by atoms with Crippen molar-refractivity contribution in [2.24, 2.45) is 11.7 Å². The molecule has 0 bridgehead atoms. The molecule has 1 fully saturated rings. The van der Waals surface area contributed by atoms with Gasteiger partial charge in [0.05, 0.1) is 16.3 Å². The molecule has 2 amide bonds. The molecule has 9 heteroatoms. The van der Waals surface area contributed by atoms with Gasteiger partial charge in [-0.2, -0.15) is 0 Å². The van der Waals surface area contributed by atoms with Gasteiger partial charge in [-0.3, -0.25) is 19.8 Å². The number of hydrogen-bond acceptors (Lipinski definition) is 6. The molecule has 0 radical (unpaired) electrons. The van der Waals surface area contributed by atoms with Crippen molar-refractivity contribution in [2.75, 3.05) is 0 Å². The number of benzene rings is 2. The maximum Gasteiger partial charge on any atom is 0.243 e. The Kier molecular flexibility index (Phi) is 8.66. The second-order valence-corrected chi connectivity index (χ2v) is 10.8. The van der Waals surface area contributed by atoms with Gasteiger partial charge < -0.3 is 16.4 Å². The molecular weight excluding hydrogens is 486 g/mol. The number of Topliss-reactive ketones (excluding diaryl/α,β-unsaturated/α-hetero) is 1. The Morgan fingerprint density at radius 3 is 2.51 bits per heavy atom. The van der Waals surface area contributed by atoms with Crippen LogP contribution in [-0.2, 0) is 16.0 Å². The first kappa shape index (κ1) is 26.5. The minimum atomic E-state index is -0.891. The first-order chi connectivity index (χ1) is 17.8. The van der Waals surface area contributed by atoms with Crippen molar-refractivity contribution < 1.29 is 14.4 Å². The third-order valence-corrected chi connectivity index (χ3v) is 7.85. The largest absolute Gasteiger partial charge is 0.384 e. The molecule has 1 aliphatic rings. The maximum atomic E-state index is 13.7. The number of nitrogen functional groups attached to an aromatic ring is 1. The SMILES string of the molecule is CC(=O)NC(CC1CCCCC1)C(=O)NC(Cc1cccc(C(=N)N)c1)C(=O)c1nc2ccccc2s1. The minimum absolute atomic E-state index is 0.0712. The van der Waals surface area contributed by atoms with Crippen LogP contribution in [-0.4, -0.2) is 40.5 Å². The Labute approximate surface area is 220 Å². The Morgan fingerprint density at radius 2 is 1.81 bits per heavy atom. The van der Waals surface area contributed by atoms with Crippen molar-refractivity contribution in [3.63, 3.8) is 0 Å². The number of amides is 2. The van der Waals surface area contributed by atoms with E-state index in [1.165, 1.54) is 24.7 Å². The Bertz CT molecular complexity index is 1260. The number of thiazole rings is 1. The predicted molar refractivity (Wildman–Crippen MR) is 146 cm³/mol. The van der Waals surface area contributed by atoms with E-state index < -0.39 is 12.1 Å². The Balaban J connectivity index is 1.60. The second-order valence-electron chi connectivity index (χ2n) is 9.72. The summed E-state index contributed by atoms with van der Waals surface area (Å²) in [5.41, 5.74) is 7.70. The van der Waals surface area contributed by atoms with Crippen LogP contribution < -0.4 is 16.4 Å². The van der Waals surface area contributed by atoms with Crippen LogP contribution in [0.1, 0.15) is 66.4 Å². The molecule has 1 aromatic heterocycles. The van der Waals surface area contributed by atoms with Gasteiger partial charge in [0, 0.05) is 18.9 Å². The molecule has 37 heavy (non-hydrogen) atoms. The highest BCUT2D eigenvalue weighted by Crippen LogP contribution is 2.28. The van der Waals surface area contributed by atoms with E-state index in [1.54, 1.807) is 18.2 Å². The van der Waals surface area contributed by atoms with Gasteiger partial charge in [-0.05, 0) is 36.1 Å². The fourth-order valence-corrected chi connectivity index (χ4v) is 5.90. The van der Waals surface area contributed by atoms with Gasteiger partial charge in [-0.15, -0.1) is 11.3 Å². The van der Waals surface area contributed by atoms with Crippen molar-refractivity contribution in [2.45, 2.75) is 64.0 Å². The number of aromatic nitrogens is 1. The number of hydrogen-bond donors (Lipinski definition) is 4. The summed E-state index contributed by atoms with van der Waals surface area (Å²) in [6.45, 7) is 1.40. The summed E-state index contributed by atoms with van der Waals surface area (Å²) >= 11 is 1.29. The highest BCUT2D eigenvalue weighted by molar-refractivity contribution is 7.20. The van der Waals surface area contributed by atoms with Crippen LogP contribution in [0.5, 0.6) is 0 Å². The highest BCUT2D eigenvalue weighted by Gasteiger charge is 2.31. The van der Waals surface area contributed by atoms with E-state index in [0.29, 0.717) is 22.9 Å². The smallest absolute Gasteiger partial charge is 0.243 e. The van der Waals surface area contributed by atoms with E-state index in [2.05, 4.69) is 15.6 Å². The third kappa shape index (κ3) is 7.01.